The van der Waals surface area contributed by atoms with Crippen molar-refractivity contribution >= 4 is 45.8 Å². The van der Waals surface area contributed by atoms with Crippen LogP contribution in [0.4, 0.5) is 11.4 Å². The number of nitrogens with one attached hydrogen (secondary N) is 2. The minimum Gasteiger partial charge on any atom is -0.481 e. The Kier molecular flexibility index (Phi) is 3.54. The number of benzene rings is 1. The van der Waals surface area contributed by atoms with Crippen LogP contribution in [0.5, 0.6) is 5.75 Å². The van der Waals surface area contributed by atoms with Crippen LogP contribution in [-0.4, -0.2) is 40.7 Å². The highest BCUT2D eigenvalue weighted by molar-refractivity contribution is 6.32. The molecule has 0 unspecified atom stereocenters. The Morgan fingerprint density at radius 1 is 1.44 bits per heavy atom. The molecule has 0 fully saturated rings. The fourth-order valence-electron chi connectivity index (χ4n) is 2.66. The van der Waals surface area contributed by atoms with Crippen molar-refractivity contribution < 1.29 is 14.3 Å². The highest BCUT2D eigenvalue weighted by atomic mass is 35.5. The minimum absolute atomic E-state index is 0.132. The molecule has 0 radical (unpaired) electrons. The fourth-order valence-corrected chi connectivity index (χ4v) is 2.88. The molecule has 3 heterocycles. The van der Waals surface area contributed by atoms with Gasteiger partial charge in [0.15, 0.2) is 18.0 Å². The summed E-state index contributed by atoms with van der Waals surface area (Å²) in [5.74, 6) is -0.299. The summed E-state index contributed by atoms with van der Waals surface area (Å²) in [4.78, 5) is 30.1. The number of rotatable bonds is 2. The first-order chi connectivity index (χ1) is 12.0. The third kappa shape index (κ3) is 2.56. The van der Waals surface area contributed by atoms with Gasteiger partial charge in [-0.05, 0) is 18.2 Å². The number of halogens is 1. The van der Waals surface area contributed by atoms with E-state index in [1.165, 1.54) is 11.0 Å². The van der Waals surface area contributed by atoms with E-state index < -0.39 is 5.91 Å². The molecule has 3 aromatic rings. The highest BCUT2D eigenvalue weighted by Gasteiger charge is 2.28. The summed E-state index contributed by atoms with van der Waals surface area (Å²) in [6.07, 6.45) is 3.14. The second-order valence-corrected chi connectivity index (χ2v) is 5.92. The molecule has 0 aliphatic carbocycles. The maximum atomic E-state index is 12.8. The Hall–Kier alpha value is -3.13. The van der Waals surface area contributed by atoms with E-state index in [0.717, 1.165) is 0 Å². The lowest BCUT2D eigenvalue weighted by Crippen LogP contribution is -2.36. The van der Waals surface area contributed by atoms with Gasteiger partial charge in [0.05, 0.1) is 28.5 Å². The zero-order chi connectivity index (χ0) is 17.6. The van der Waals surface area contributed by atoms with Crippen molar-refractivity contribution in [3.63, 3.8) is 0 Å². The van der Waals surface area contributed by atoms with Gasteiger partial charge >= 0.3 is 0 Å². The number of carbonyl (C=O) groups is 2. The maximum absolute atomic E-state index is 12.8. The molecule has 0 saturated carbocycles. The number of H-pyrrole nitrogens is 1. The fraction of sp³-hybridized carbons (Fsp3) is 0.125. The Balaban J connectivity index is 1.75. The molecule has 2 N–H and O–H groups in total. The van der Waals surface area contributed by atoms with Crippen molar-refractivity contribution in [3.8, 4) is 5.75 Å². The van der Waals surface area contributed by atoms with Crippen LogP contribution in [0.3, 0.4) is 0 Å². The standard InChI is InChI=1S/C16H12ClN5O3/c1-22-12-5-8(17)4-9(14(12)25-7-13(22)23)16(24)20-11-2-3-18-15-10(11)6-19-21-15/h2-6H,7H2,1H3,(H2,18,19,20,21,24). The number of amides is 2. The second-order valence-electron chi connectivity index (χ2n) is 5.49. The summed E-state index contributed by atoms with van der Waals surface area (Å²) in [5.41, 5.74) is 1.82. The Labute approximate surface area is 146 Å². The Morgan fingerprint density at radius 3 is 3.12 bits per heavy atom. The van der Waals surface area contributed by atoms with Gasteiger partial charge < -0.3 is 15.0 Å². The molecule has 0 saturated heterocycles. The molecule has 1 aliphatic rings. The van der Waals surface area contributed by atoms with E-state index in [0.29, 0.717) is 33.2 Å². The quantitative estimate of drug-likeness (QED) is 0.732. The molecule has 25 heavy (non-hydrogen) atoms. The lowest BCUT2D eigenvalue weighted by atomic mass is 10.1. The van der Waals surface area contributed by atoms with Crippen LogP contribution in [0.25, 0.3) is 11.0 Å². The van der Waals surface area contributed by atoms with Crippen molar-refractivity contribution in [1.82, 2.24) is 15.2 Å². The highest BCUT2D eigenvalue weighted by Crippen LogP contribution is 2.38. The van der Waals surface area contributed by atoms with Crippen LogP contribution in [-0.2, 0) is 4.79 Å². The van der Waals surface area contributed by atoms with Gasteiger partial charge in [-0.2, -0.15) is 5.10 Å². The first-order valence-corrected chi connectivity index (χ1v) is 7.74. The predicted molar refractivity (Wildman–Crippen MR) is 92.2 cm³/mol. The number of aromatic nitrogens is 3. The van der Waals surface area contributed by atoms with Gasteiger partial charge in [-0.1, -0.05) is 11.6 Å². The van der Waals surface area contributed by atoms with Crippen LogP contribution in [0, 0.1) is 0 Å². The van der Waals surface area contributed by atoms with E-state index in [-0.39, 0.29) is 18.1 Å². The summed E-state index contributed by atoms with van der Waals surface area (Å²) in [7, 11) is 1.61. The number of fused-ring (bicyclic) bond motifs is 2. The second kappa shape index (κ2) is 5.75. The largest absolute Gasteiger partial charge is 0.481 e. The van der Waals surface area contributed by atoms with Gasteiger partial charge in [0.2, 0.25) is 0 Å². The maximum Gasteiger partial charge on any atom is 0.264 e. The molecule has 0 bridgehead atoms. The summed E-state index contributed by atoms with van der Waals surface area (Å²) in [6.45, 7) is -0.132. The molecule has 0 spiro atoms. The van der Waals surface area contributed by atoms with E-state index >= 15 is 0 Å². The van der Waals surface area contributed by atoms with E-state index in [9.17, 15) is 9.59 Å². The monoisotopic (exact) mass is 357 g/mol. The number of hydrogen-bond donors (Lipinski definition) is 2. The number of ether oxygens (including phenoxy) is 1. The van der Waals surface area contributed by atoms with Gasteiger partial charge in [-0.25, -0.2) is 4.98 Å². The van der Waals surface area contributed by atoms with E-state index in [2.05, 4.69) is 20.5 Å². The minimum atomic E-state index is -0.407. The van der Waals surface area contributed by atoms with Crippen LogP contribution < -0.4 is 15.0 Å². The van der Waals surface area contributed by atoms with E-state index in [1.807, 2.05) is 0 Å². The number of anilines is 2. The lowest BCUT2D eigenvalue weighted by Gasteiger charge is -2.27. The summed E-state index contributed by atoms with van der Waals surface area (Å²) in [6, 6.07) is 4.77. The number of pyridine rings is 1. The van der Waals surface area contributed by atoms with Gasteiger partial charge in [0.25, 0.3) is 11.8 Å². The summed E-state index contributed by atoms with van der Waals surface area (Å²) >= 11 is 6.12. The molecular weight excluding hydrogens is 346 g/mol. The van der Waals surface area contributed by atoms with Crippen molar-refractivity contribution in [3.05, 3.63) is 41.2 Å². The summed E-state index contributed by atoms with van der Waals surface area (Å²) in [5, 5.41) is 10.5. The molecule has 0 atom stereocenters. The summed E-state index contributed by atoms with van der Waals surface area (Å²) < 4.78 is 5.48. The van der Waals surface area contributed by atoms with Crippen molar-refractivity contribution in [2.75, 3.05) is 23.9 Å². The molecule has 9 heteroatoms. The van der Waals surface area contributed by atoms with Crippen LogP contribution in [0.15, 0.2) is 30.6 Å². The predicted octanol–water partition coefficient (Wildman–Crippen LogP) is 2.22. The average molecular weight is 358 g/mol. The molecule has 1 aliphatic heterocycles. The number of nitrogens with zero attached hydrogens (tertiary/aromatic N) is 3. The molecular formula is C16H12ClN5O3. The normalized spacial score (nSPS) is 13.5. The third-order valence-electron chi connectivity index (χ3n) is 3.96. The zero-order valence-electron chi connectivity index (χ0n) is 13.0. The molecule has 126 valence electrons. The van der Waals surface area contributed by atoms with E-state index in [1.54, 1.807) is 31.6 Å². The number of aromatic amines is 1. The first kappa shape index (κ1) is 15.4. The molecule has 8 nitrogen and oxygen atoms in total. The number of likely N-dealkylation sites (N-methyl/N-ethyl adjacent to an activating group) is 1. The number of hydrogen-bond acceptors (Lipinski definition) is 5. The lowest BCUT2D eigenvalue weighted by molar-refractivity contribution is -0.121. The number of carbonyl (C=O) groups excluding carboxylic acids is 2. The molecule has 1 aromatic carbocycles. The van der Waals surface area contributed by atoms with Gasteiger partial charge in [0.1, 0.15) is 0 Å². The first-order valence-electron chi connectivity index (χ1n) is 7.37. The Morgan fingerprint density at radius 2 is 2.28 bits per heavy atom. The van der Waals surface area contributed by atoms with Gasteiger partial charge in [0, 0.05) is 18.3 Å². The van der Waals surface area contributed by atoms with E-state index in [4.69, 9.17) is 16.3 Å². The smallest absolute Gasteiger partial charge is 0.264 e. The van der Waals surface area contributed by atoms with Crippen LogP contribution >= 0.6 is 11.6 Å². The SMILES string of the molecule is CN1C(=O)COc2c(C(=O)Nc3ccnc4[nH]ncc34)cc(Cl)cc21. The molecule has 2 amide bonds. The van der Waals surface area contributed by atoms with Gasteiger partial charge in [-0.3, -0.25) is 14.7 Å². The van der Waals surface area contributed by atoms with Gasteiger partial charge in [-0.15, -0.1) is 0 Å². The molecule has 2 aromatic heterocycles. The zero-order valence-corrected chi connectivity index (χ0v) is 13.8. The average Bonchev–Trinajstić information content (AvgIpc) is 3.07. The topological polar surface area (TPSA) is 100 Å². The van der Waals surface area contributed by atoms with Crippen molar-refractivity contribution in [2.45, 2.75) is 0 Å². The molecule has 4 rings (SSSR count). The Bertz CT molecular complexity index is 1020. The van der Waals surface area contributed by atoms with Crippen LogP contribution in [0.1, 0.15) is 10.4 Å². The third-order valence-corrected chi connectivity index (χ3v) is 4.17. The van der Waals surface area contributed by atoms with Crippen molar-refractivity contribution in [2.24, 2.45) is 0 Å². The van der Waals surface area contributed by atoms with Crippen molar-refractivity contribution in [1.29, 1.82) is 0 Å². The van der Waals surface area contributed by atoms with Crippen LogP contribution in [0.2, 0.25) is 5.02 Å².